The van der Waals surface area contributed by atoms with Gasteiger partial charge in [-0.3, -0.25) is 33.6 Å². The van der Waals surface area contributed by atoms with Gasteiger partial charge in [0, 0.05) is 61.4 Å². The van der Waals surface area contributed by atoms with Crippen LogP contribution in [0, 0.1) is 5.92 Å². The number of phenolic OH excluding ortho intramolecular Hbond substituents is 3. The predicted octanol–water partition coefficient (Wildman–Crippen LogP) is 1.88. The number of halogens is 2. The average Bonchev–Trinajstić information content (AvgIpc) is 0.758. The minimum atomic E-state index is -2.38. The van der Waals surface area contributed by atoms with Crippen LogP contribution >= 0.6 is 23.2 Å². The summed E-state index contributed by atoms with van der Waals surface area (Å²) in [4.78, 5) is 119. The third kappa shape index (κ3) is 22.7. The monoisotopic (exact) mass is 1730 g/mol. The minimum absolute atomic E-state index is 0.0969. The van der Waals surface area contributed by atoms with E-state index in [1.54, 1.807) is 13.8 Å². The number of likely N-dealkylation sites (N-methyl/N-ethyl adjacent to an activating group) is 1. The number of rotatable bonds is 31. The zero-order valence-electron chi connectivity index (χ0n) is 67.7. The first kappa shape index (κ1) is 93.9. The van der Waals surface area contributed by atoms with E-state index in [-0.39, 0.29) is 53.0 Å². The Morgan fingerprint density at radius 3 is 1.93 bits per heavy atom. The number of phenols is 3. The first-order chi connectivity index (χ1) is 57.6. The molecule has 2 fully saturated rings. The fourth-order valence-electron chi connectivity index (χ4n) is 15.3. The van der Waals surface area contributed by atoms with Crippen LogP contribution in [0.4, 0.5) is 0 Å². The number of aliphatic carboxylic acids is 1. The van der Waals surface area contributed by atoms with E-state index in [1.807, 2.05) is 13.8 Å². The molecule has 11 bridgehead atoms. The number of carboxylic acids is 1. The number of primary amides is 1. The number of fused-ring (bicyclic) bond motifs is 15. The smallest absolute Gasteiger partial charge is 0.330 e. The van der Waals surface area contributed by atoms with Crippen LogP contribution in [0.3, 0.4) is 0 Å². The number of aromatic hydroxyl groups is 3. The lowest BCUT2D eigenvalue weighted by atomic mass is 9.85. The maximum absolute atomic E-state index is 16.4. The lowest BCUT2D eigenvalue weighted by Gasteiger charge is -2.48. The Bertz CT molecular complexity index is 4540. The predicted molar refractivity (Wildman–Crippen MR) is 435 cm³/mol. The van der Waals surface area contributed by atoms with Gasteiger partial charge >= 0.3 is 5.97 Å². The van der Waals surface area contributed by atoms with Gasteiger partial charge in [-0.25, -0.2) is 4.79 Å². The van der Waals surface area contributed by atoms with Gasteiger partial charge in [0.2, 0.25) is 53.4 Å². The van der Waals surface area contributed by atoms with Gasteiger partial charge in [-0.2, -0.15) is 0 Å². The number of carbonyl (C=O) groups is 8. The van der Waals surface area contributed by atoms with Crippen LogP contribution in [-0.2, 0) is 59.1 Å². The third-order valence-electron chi connectivity index (χ3n) is 22.0. The highest BCUT2D eigenvalue weighted by molar-refractivity contribution is 6.32. The highest BCUT2D eigenvalue weighted by atomic mass is 35.5. The van der Waals surface area contributed by atoms with E-state index >= 15 is 24.0 Å². The van der Waals surface area contributed by atoms with Gasteiger partial charge in [0.25, 0.3) is 0 Å². The van der Waals surface area contributed by atoms with Crippen molar-refractivity contribution in [2.45, 2.75) is 227 Å². The molecular formula is C82H110Cl2N12O25. The number of nitrogens with one attached hydrogen (secondary N) is 10. The van der Waals surface area contributed by atoms with Crippen molar-refractivity contribution in [1.29, 1.82) is 0 Å². The Kier molecular flexibility index (Phi) is 32.7. The highest BCUT2D eigenvalue weighted by Crippen LogP contribution is 2.51. The summed E-state index contributed by atoms with van der Waals surface area (Å²) in [6, 6.07) is -1.61. The van der Waals surface area contributed by atoms with Gasteiger partial charge in [0.05, 0.1) is 53.0 Å². The van der Waals surface area contributed by atoms with E-state index in [4.69, 9.17) is 63.1 Å². The minimum Gasteiger partial charge on any atom is -0.507 e. The number of hydrogen-bond acceptors (Lipinski definition) is 29. The SMILES string of the molecule is CCCCCCCCCCNCCN[C@@]1(C)C[C@H](O[C@H]2[C@H](Oc3c4cc5cc3Oc3ccc(cc3Cl)[C@@H](O)[C@@H](NC(=O)[C@@H](CC(C)C)NC)C(=O)N[C@@H](CC(N)=O)C(=O)N[C@H]5C(=O)N[C@H]3C(=O)N[C@H](C(=O)N[C@H](C(=O)O)c5cc(O)c(CNCC(O)CO)c(O)c5-c5cc3ccc5O)[C@H](O)c3ccc(c(Cl)c3)O4)O[C@H](CN)[C@@H](O)[C@@H]2O)O[C@@H](C)[C@H]1O. The summed E-state index contributed by atoms with van der Waals surface area (Å²) in [6.45, 7) is 8.81. The zero-order valence-corrected chi connectivity index (χ0v) is 69.2. The quantitative estimate of drug-likeness (QED) is 0.0282. The lowest BCUT2D eigenvalue weighted by molar-refractivity contribution is -0.331. The van der Waals surface area contributed by atoms with Gasteiger partial charge in [-0.1, -0.05) is 107 Å². The van der Waals surface area contributed by atoms with Crippen LogP contribution in [-0.4, -0.2) is 235 Å². The summed E-state index contributed by atoms with van der Waals surface area (Å²) in [7, 11) is 1.48. The molecular weight excluding hydrogens is 1620 g/mol. The van der Waals surface area contributed by atoms with E-state index < -0.39 is 262 Å². The van der Waals surface area contributed by atoms with Crippen molar-refractivity contribution in [1.82, 2.24) is 53.2 Å². The van der Waals surface area contributed by atoms with E-state index in [0.717, 1.165) is 86.5 Å². The number of benzene rings is 5. The van der Waals surface area contributed by atoms with Crippen LogP contribution in [0.2, 0.25) is 10.0 Å². The molecule has 7 amide bonds. The van der Waals surface area contributed by atoms with Crippen molar-refractivity contribution < 1.29 is 123 Å². The molecule has 662 valence electrons. The lowest BCUT2D eigenvalue weighted by Crippen LogP contribution is -2.66. The molecule has 19 atom stereocenters. The molecule has 2 saturated heterocycles. The molecule has 0 aliphatic carbocycles. The van der Waals surface area contributed by atoms with Crippen LogP contribution < -0.4 is 78.8 Å². The molecule has 121 heavy (non-hydrogen) atoms. The summed E-state index contributed by atoms with van der Waals surface area (Å²) >= 11 is 14.4. The Hall–Kier alpha value is -9.36. The van der Waals surface area contributed by atoms with Crippen molar-refractivity contribution in [3.63, 3.8) is 0 Å². The van der Waals surface area contributed by atoms with Crippen LogP contribution in [0.1, 0.15) is 169 Å². The number of amides is 7. The van der Waals surface area contributed by atoms with Crippen molar-refractivity contribution >= 4 is 70.5 Å². The Balaban J connectivity index is 1.17. The van der Waals surface area contributed by atoms with Crippen molar-refractivity contribution in [2.75, 3.05) is 46.4 Å². The van der Waals surface area contributed by atoms with Gasteiger partial charge in [-0.15, -0.1) is 0 Å². The number of carboxylic acid groups (broad SMARTS) is 1. The number of hydrogen-bond donors (Lipinski definition) is 23. The average molecular weight is 1730 g/mol. The standard InChI is InChI=1S/C82H110Cl2N12O25/c1-7-8-9-10-11-12-13-14-21-88-22-23-90-82(5)32-59(116-38(4)73(82)107)120-72-70(106)69(105)57(33-85)119-81(72)121-71-55-28-42-29-56(71)118-54-20-17-41(27-48(54)84)67(103)65-79(113)94-63(80(114)115)45-30-52(100)46(35-89-34-43(98)36-97)68(104)60(45)44-25-39(15-18-51(44)99)61(76(110)96-65)93-77(111)62(42)92-75(109)50(31-58(86)101)91-78(112)64(95-74(108)49(87-6)24-37(2)3)66(102)40-16-19-53(117-55)47(83)26-40/h15-20,25-30,37-38,43,49-50,57,59,61-67,69-70,72-73,81,87-90,97-100,102-107H,7-14,21-24,31-36,85H2,1-6H3,(H2,86,101)(H,91,112)(H,92,109)(H,93,111)(H,94,113)(H,95,108)(H,96,110)(H,114,115)/t38-,43?,49+,50-,57+,59-,61+,62+,63-,64+,65-,66+,67+,69+,70-,72+,73+,81-,82-/m0/s1. The fourth-order valence-corrected chi connectivity index (χ4v) is 15.8. The summed E-state index contributed by atoms with van der Waals surface area (Å²) in [5.74, 6) is -16.3. The largest absolute Gasteiger partial charge is 0.507 e. The van der Waals surface area contributed by atoms with Crippen LogP contribution in [0.15, 0.2) is 72.8 Å². The maximum atomic E-state index is 16.4. The molecule has 37 nitrogen and oxygen atoms in total. The second-order valence-electron chi connectivity index (χ2n) is 31.6. The molecule has 5 aromatic rings. The maximum Gasteiger partial charge on any atom is 0.330 e. The molecule has 0 spiro atoms. The number of aliphatic hydroxyl groups excluding tert-OH is 7. The zero-order chi connectivity index (χ0) is 88.0. The fraction of sp³-hybridized carbons (Fsp3) is 0.537. The van der Waals surface area contributed by atoms with Gasteiger partial charge in [0.1, 0.15) is 89.5 Å². The highest BCUT2D eigenvalue weighted by Gasteiger charge is 2.52. The number of carbonyl (C=O) groups excluding carboxylic acids is 7. The Morgan fingerprint density at radius 2 is 1.31 bits per heavy atom. The molecule has 1 unspecified atom stereocenters. The second kappa shape index (κ2) is 42.1. The molecule has 7 aliphatic rings. The van der Waals surface area contributed by atoms with Gasteiger partial charge < -0.3 is 149 Å². The first-order valence-corrected chi connectivity index (χ1v) is 41.1. The normalized spacial score (nSPS) is 26.8. The number of nitrogens with two attached hydrogens (primary N) is 2. The van der Waals surface area contributed by atoms with Crippen molar-refractivity contribution in [2.24, 2.45) is 17.4 Å². The third-order valence-corrected chi connectivity index (χ3v) is 22.6. The molecule has 0 aromatic heterocycles. The van der Waals surface area contributed by atoms with Gasteiger partial charge in [-0.05, 0) is 123 Å². The Labute approximate surface area is 707 Å². The molecule has 12 rings (SSSR count). The van der Waals surface area contributed by atoms with Gasteiger partial charge in [0.15, 0.2) is 29.9 Å². The van der Waals surface area contributed by atoms with E-state index in [9.17, 15) is 70.6 Å². The first-order valence-electron chi connectivity index (χ1n) is 40.3. The number of aliphatic hydroxyl groups is 7. The van der Waals surface area contributed by atoms with E-state index in [2.05, 4.69) is 60.1 Å². The molecule has 0 saturated carbocycles. The summed E-state index contributed by atoms with van der Waals surface area (Å²) < 4.78 is 39.8. The van der Waals surface area contributed by atoms with Crippen molar-refractivity contribution in [3.8, 4) is 57.1 Å². The second-order valence-corrected chi connectivity index (χ2v) is 32.4. The van der Waals surface area contributed by atoms with Crippen LogP contribution in [0.25, 0.3) is 11.1 Å². The number of unbranched alkanes of at least 4 members (excludes halogenated alkanes) is 7. The van der Waals surface area contributed by atoms with E-state index in [0.29, 0.717) is 13.1 Å². The summed E-state index contributed by atoms with van der Waals surface area (Å²) in [5, 5.41) is 154. The summed E-state index contributed by atoms with van der Waals surface area (Å²) in [5.41, 5.74) is 7.41. The van der Waals surface area contributed by atoms with Crippen molar-refractivity contribution in [3.05, 3.63) is 116 Å². The number of ether oxygens (including phenoxy) is 6. The molecule has 5 aromatic carbocycles. The van der Waals surface area contributed by atoms with E-state index in [1.165, 1.54) is 51.3 Å². The molecule has 7 aliphatic heterocycles. The topological polar surface area (TPSA) is 587 Å². The molecule has 0 radical (unpaired) electrons. The molecule has 39 heteroatoms. The Morgan fingerprint density at radius 1 is 0.694 bits per heavy atom. The molecule has 25 N–H and O–H groups in total. The summed E-state index contributed by atoms with van der Waals surface area (Å²) in [6.07, 6.45) is -9.97. The van der Waals surface area contributed by atoms with Crippen LogP contribution in [0.5, 0.6) is 46.0 Å². The molecule has 7 heterocycles.